The summed E-state index contributed by atoms with van der Waals surface area (Å²) in [6, 6.07) is 4.82. The summed E-state index contributed by atoms with van der Waals surface area (Å²) in [5.74, 6) is -0.0769. The number of carbonyl (C=O) groups excluding carboxylic acids is 1. The average Bonchev–Trinajstić information content (AvgIpc) is 2.53. The van der Waals surface area contributed by atoms with Crippen molar-refractivity contribution in [1.82, 2.24) is 5.32 Å². The molecule has 0 aliphatic heterocycles. The van der Waals surface area contributed by atoms with E-state index in [2.05, 4.69) is 5.32 Å². The molecular formula is C17H24FNO3. The van der Waals surface area contributed by atoms with E-state index in [1.807, 2.05) is 0 Å². The predicted octanol–water partition coefficient (Wildman–Crippen LogP) is 2.43. The third-order valence-corrected chi connectivity index (χ3v) is 4.35. The highest BCUT2D eigenvalue weighted by Gasteiger charge is 2.25. The zero-order valence-corrected chi connectivity index (χ0v) is 13.0. The normalized spacial score (nSPS) is 21.4. The van der Waals surface area contributed by atoms with Crippen molar-refractivity contribution >= 4 is 5.91 Å². The number of carbonyl (C=O) groups is 1. The second kappa shape index (κ2) is 8.13. The Morgan fingerprint density at radius 2 is 2.18 bits per heavy atom. The highest BCUT2D eigenvalue weighted by Crippen LogP contribution is 2.24. The van der Waals surface area contributed by atoms with Crippen LogP contribution < -0.4 is 10.1 Å². The summed E-state index contributed by atoms with van der Waals surface area (Å²) in [4.78, 5) is 12.0. The molecule has 1 aromatic carbocycles. The lowest BCUT2D eigenvalue weighted by Crippen LogP contribution is -2.43. The summed E-state index contributed by atoms with van der Waals surface area (Å²) in [7, 11) is 1.42. The van der Waals surface area contributed by atoms with Crippen molar-refractivity contribution in [2.45, 2.75) is 44.6 Å². The van der Waals surface area contributed by atoms with E-state index in [9.17, 15) is 14.3 Å². The van der Waals surface area contributed by atoms with E-state index in [1.165, 1.54) is 13.2 Å². The Hall–Kier alpha value is -1.62. The van der Waals surface area contributed by atoms with Crippen LogP contribution in [0.2, 0.25) is 0 Å². The van der Waals surface area contributed by atoms with Crippen molar-refractivity contribution in [2.75, 3.05) is 13.7 Å². The van der Waals surface area contributed by atoms with E-state index in [4.69, 9.17) is 4.74 Å². The lowest BCUT2D eigenvalue weighted by molar-refractivity contribution is -0.122. The molecule has 1 fully saturated rings. The van der Waals surface area contributed by atoms with E-state index >= 15 is 0 Å². The Morgan fingerprint density at radius 3 is 2.86 bits per heavy atom. The number of rotatable bonds is 6. The standard InChI is InChI=1S/C17H24FNO3/c1-22-16-8-6-12(10-14(16)18)7-9-17(21)19-15-5-3-2-4-13(15)11-20/h6,8,10,13,15,20H,2-5,7,9,11H2,1H3,(H,19,21). The smallest absolute Gasteiger partial charge is 0.220 e. The Labute approximate surface area is 130 Å². The number of benzene rings is 1. The second-order valence-corrected chi connectivity index (χ2v) is 5.87. The molecule has 1 amide bonds. The van der Waals surface area contributed by atoms with Crippen molar-refractivity contribution < 1.29 is 19.0 Å². The molecule has 2 unspecified atom stereocenters. The monoisotopic (exact) mass is 309 g/mol. The van der Waals surface area contributed by atoms with Gasteiger partial charge in [0, 0.05) is 25.0 Å². The first-order valence-electron chi connectivity index (χ1n) is 7.86. The molecule has 1 aliphatic rings. The minimum absolute atomic E-state index is 0.0402. The maximum atomic E-state index is 13.6. The number of aliphatic hydroxyl groups is 1. The summed E-state index contributed by atoms with van der Waals surface area (Å²) in [5.41, 5.74) is 0.774. The fraction of sp³-hybridized carbons (Fsp3) is 0.588. The number of methoxy groups -OCH3 is 1. The van der Waals surface area contributed by atoms with Crippen LogP contribution in [-0.4, -0.2) is 30.8 Å². The highest BCUT2D eigenvalue weighted by atomic mass is 19.1. The fourth-order valence-corrected chi connectivity index (χ4v) is 3.02. The molecule has 0 saturated heterocycles. The maximum absolute atomic E-state index is 13.6. The van der Waals surface area contributed by atoms with Crippen molar-refractivity contribution in [3.63, 3.8) is 0 Å². The van der Waals surface area contributed by atoms with Gasteiger partial charge in [0.15, 0.2) is 11.6 Å². The molecule has 1 saturated carbocycles. The maximum Gasteiger partial charge on any atom is 0.220 e. The van der Waals surface area contributed by atoms with E-state index in [-0.39, 0.29) is 30.2 Å². The Morgan fingerprint density at radius 1 is 1.41 bits per heavy atom. The molecule has 2 N–H and O–H groups in total. The van der Waals surface area contributed by atoms with Crippen molar-refractivity contribution in [3.05, 3.63) is 29.6 Å². The van der Waals surface area contributed by atoms with Crippen LogP contribution in [0.5, 0.6) is 5.75 Å². The average molecular weight is 309 g/mol. The quantitative estimate of drug-likeness (QED) is 0.848. The zero-order valence-electron chi connectivity index (χ0n) is 13.0. The molecule has 0 heterocycles. The van der Waals surface area contributed by atoms with Gasteiger partial charge in [0.25, 0.3) is 0 Å². The summed E-state index contributed by atoms with van der Waals surface area (Å²) in [6.45, 7) is 0.120. The predicted molar refractivity (Wildman–Crippen MR) is 82.2 cm³/mol. The number of aryl methyl sites for hydroxylation is 1. The van der Waals surface area contributed by atoms with Gasteiger partial charge in [0.2, 0.25) is 5.91 Å². The van der Waals surface area contributed by atoms with Crippen molar-refractivity contribution in [3.8, 4) is 5.75 Å². The number of hydrogen-bond acceptors (Lipinski definition) is 3. The highest BCUT2D eigenvalue weighted by molar-refractivity contribution is 5.76. The molecule has 122 valence electrons. The molecule has 4 nitrogen and oxygen atoms in total. The lowest BCUT2D eigenvalue weighted by Gasteiger charge is -2.30. The van der Waals surface area contributed by atoms with Crippen LogP contribution in [0.1, 0.15) is 37.7 Å². The van der Waals surface area contributed by atoms with Gasteiger partial charge in [0.1, 0.15) is 0 Å². The Bertz CT molecular complexity index is 507. The first-order chi connectivity index (χ1) is 10.6. The molecule has 22 heavy (non-hydrogen) atoms. The van der Waals surface area contributed by atoms with Crippen LogP contribution in [0, 0.1) is 11.7 Å². The van der Waals surface area contributed by atoms with Gasteiger partial charge >= 0.3 is 0 Å². The fourth-order valence-electron chi connectivity index (χ4n) is 3.02. The van der Waals surface area contributed by atoms with Gasteiger partial charge < -0.3 is 15.2 Å². The summed E-state index contributed by atoms with van der Waals surface area (Å²) in [6.07, 6.45) is 4.90. The first kappa shape index (κ1) is 16.7. The van der Waals surface area contributed by atoms with Gasteiger partial charge in [-0.25, -0.2) is 4.39 Å². The van der Waals surface area contributed by atoms with Crippen LogP contribution >= 0.6 is 0 Å². The summed E-state index contributed by atoms with van der Waals surface area (Å²) >= 11 is 0. The third kappa shape index (κ3) is 4.44. The number of nitrogens with one attached hydrogen (secondary N) is 1. The lowest BCUT2D eigenvalue weighted by atomic mass is 9.85. The number of aliphatic hydroxyl groups excluding tert-OH is 1. The van der Waals surface area contributed by atoms with Gasteiger partial charge in [-0.15, -0.1) is 0 Å². The largest absolute Gasteiger partial charge is 0.494 e. The first-order valence-corrected chi connectivity index (χ1v) is 7.86. The molecular weight excluding hydrogens is 285 g/mol. The summed E-state index contributed by atoms with van der Waals surface area (Å²) in [5, 5.41) is 12.4. The van der Waals surface area contributed by atoms with E-state index in [0.717, 1.165) is 31.2 Å². The molecule has 1 aliphatic carbocycles. The van der Waals surface area contributed by atoms with E-state index < -0.39 is 5.82 Å². The van der Waals surface area contributed by atoms with Crippen LogP contribution in [0.25, 0.3) is 0 Å². The molecule has 0 radical (unpaired) electrons. The molecule has 2 rings (SSSR count). The van der Waals surface area contributed by atoms with Gasteiger partial charge in [-0.3, -0.25) is 4.79 Å². The minimum Gasteiger partial charge on any atom is -0.494 e. The molecule has 5 heteroatoms. The number of ether oxygens (including phenoxy) is 1. The Balaban J connectivity index is 1.83. The summed E-state index contributed by atoms with van der Waals surface area (Å²) < 4.78 is 18.5. The molecule has 0 aromatic heterocycles. The van der Waals surface area contributed by atoms with E-state index in [1.54, 1.807) is 12.1 Å². The number of hydrogen-bond donors (Lipinski definition) is 2. The van der Waals surface area contributed by atoms with Crippen LogP contribution in [-0.2, 0) is 11.2 Å². The van der Waals surface area contributed by atoms with Gasteiger partial charge in [-0.1, -0.05) is 18.9 Å². The topological polar surface area (TPSA) is 58.6 Å². The Kier molecular flexibility index (Phi) is 6.19. The number of amides is 1. The van der Waals surface area contributed by atoms with Crippen LogP contribution in [0.3, 0.4) is 0 Å². The molecule has 1 aromatic rings. The molecule has 0 spiro atoms. The third-order valence-electron chi connectivity index (χ3n) is 4.35. The molecule has 0 bridgehead atoms. The van der Waals surface area contributed by atoms with Gasteiger partial charge in [-0.05, 0) is 37.0 Å². The van der Waals surface area contributed by atoms with Gasteiger partial charge in [0.05, 0.1) is 7.11 Å². The van der Waals surface area contributed by atoms with Crippen LogP contribution in [0.15, 0.2) is 18.2 Å². The SMILES string of the molecule is COc1ccc(CCC(=O)NC2CCCCC2CO)cc1F. The van der Waals surface area contributed by atoms with Crippen molar-refractivity contribution in [2.24, 2.45) is 5.92 Å². The zero-order chi connectivity index (χ0) is 15.9. The second-order valence-electron chi connectivity index (χ2n) is 5.87. The molecule has 2 atom stereocenters. The number of halogens is 1. The van der Waals surface area contributed by atoms with E-state index in [0.29, 0.717) is 12.8 Å². The van der Waals surface area contributed by atoms with Crippen LogP contribution in [0.4, 0.5) is 4.39 Å². The minimum atomic E-state index is -0.409. The van der Waals surface area contributed by atoms with Crippen molar-refractivity contribution in [1.29, 1.82) is 0 Å². The van der Waals surface area contributed by atoms with Gasteiger partial charge in [-0.2, -0.15) is 0 Å².